The lowest BCUT2D eigenvalue weighted by atomic mass is 10.1. The maximum absolute atomic E-state index is 13.6. The van der Waals surface area contributed by atoms with E-state index in [-0.39, 0.29) is 11.5 Å². The number of hydrogen-bond acceptors (Lipinski definition) is 3. The van der Waals surface area contributed by atoms with E-state index in [4.69, 9.17) is 0 Å². The van der Waals surface area contributed by atoms with E-state index in [9.17, 15) is 17.6 Å². The lowest BCUT2D eigenvalue weighted by Gasteiger charge is -2.09. The van der Waals surface area contributed by atoms with E-state index in [1.165, 1.54) is 30.3 Å². The largest absolute Gasteiger partial charge is 0.294 e. The van der Waals surface area contributed by atoms with E-state index >= 15 is 0 Å². The second kappa shape index (κ2) is 6.70. The van der Waals surface area contributed by atoms with Crippen LogP contribution in [0.5, 0.6) is 0 Å². The zero-order chi connectivity index (χ0) is 16.2. The lowest BCUT2D eigenvalue weighted by Crippen LogP contribution is -2.14. The molecule has 0 aliphatic carbocycles. The number of benzene rings is 2. The summed E-state index contributed by atoms with van der Waals surface area (Å²) in [5, 5.41) is 0. The van der Waals surface area contributed by atoms with Gasteiger partial charge in [-0.3, -0.25) is 9.52 Å². The molecule has 2 aromatic carbocycles. The number of ketones is 1. The van der Waals surface area contributed by atoms with E-state index < -0.39 is 20.7 Å². The van der Waals surface area contributed by atoms with Gasteiger partial charge in [0.1, 0.15) is 10.7 Å². The van der Waals surface area contributed by atoms with Crippen LogP contribution in [-0.2, 0) is 10.0 Å². The summed E-state index contributed by atoms with van der Waals surface area (Å²) in [5.41, 5.74) is 0.798. The Balaban J connectivity index is 2.20. The predicted molar refractivity (Wildman–Crippen MR) is 82.9 cm³/mol. The molecule has 2 rings (SSSR count). The van der Waals surface area contributed by atoms with E-state index in [1.807, 2.05) is 6.92 Å². The van der Waals surface area contributed by atoms with Gasteiger partial charge in [0.25, 0.3) is 10.0 Å². The molecule has 0 atom stereocenters. The number of sulfonamides is 1. The van der Waals surface area contributed by atoms with Crippen LogP contribution in [0.2, 0.25) is 0 Å². The van der Waals surface area contributed by atoms with E-state index in [0.29, 0.717) is 12.0 Å². The minimum absolute atomic E-state index is 0.00557. The molecule has 6 heteroatoms. The molecule has 0 bridgehead atoms. The Labute approximate surface area is 129 Å². The van der Waals surface area contributed by atoms with Crippen molar-refractivity contribution < 1.29 is 17.6 Å². The van der Waals surface area contributed by atoms with Crippen LogP contribution in [0.1, 0.15) is 30.1 Å². The Kier molecular flexibility index (Phi) is 4.92. The second-order valence-corrected chi connectivity index (χ2v) is 6.44. The molecule has 0 aliphatic rings. The maximum Gasteiger partial charge on any atom is 0.264 e. The molecule has 0 heterocycles. The van der Waals surface area contributed by atoms with Crippen LogP contribution in [-0.4, -0.2) is 14.2 Å². The molecule has 4 nitrogen and oxygen atoms in total. The third kappa shape index (κ3) is 3.71. The van der Waals surface area contributed by atoms with Crippen LogP contribution in [0.25, 0.3) is 0 Å². The maximum atomic E-state index is 13.6. The third-order valence-corrected chi connectivity index (χ3v) is 4.48. The van der Waals surface area contributed by atoms with Crippen LogP contribution in [0.15, 0.2) is 53.4 Å². The van der Waals surface area contributed by atoms with E-state index in [1.54, 1.807) is 12.1 Å². The smallest absolute Gasteiger partial charge is 0.264 e. The highest BCUT2D eigenvalue weighted by molar-refractivity contribution is 7.92. The molecule has 0 unspecified atom stereocenters. The van der Waals surface area contributed by atoms with Gasteiger partial charge in [-0.2, -0.15) is 0 Å². The van der Waals surface area contributed by atoms with Crippen LogP contribution in [0.3, 0.4) is 0 Å². The molecular weight excluding hydrogens is 305 g/mol. The predicted octanol–water partition coefficient (Wildman–Crippen LogP) is 3.61. The summed E-state index contributed by atoms with van der Waals surface area (Å²) in [6.45, 7) is 1.91. The van der Waals surface area contributed by atoms with Crippen molar-refractivity contribution in [3.05, 3.63) is 59.9 Å². The van der Waals surface area contributed by atoms with Crippen LogP contribution < -0.4 is 4.72 Å². The molecule has 0 saturated carbocycles. The SMILES string of the molecule is CCCC(=O)c1ccc(NS(=O)(=O)c2ccccc2F)cc1. The van der Waals surface area contributed by atoms with E-state index in [2.05, 4.69) is 4.72 Å². The molecule has 0 saturated heterocycles. The summed E-state index contributed by atoms with van der Waals surface area (Å²) < 4.78 is 40.1. The first-order chi connectivity index (χ1) is 10.4. The molecule has 116 valence electrons. The van der Waals surface area contributed by atoms with Gasteiger partial charge in [-0.1, -0.05) is 19.1 Å². The van der Waals surface area contributed by atoms with Crippen molar-refractivity contribution in [3.63, 3.8) is 0 Å². The van der Waals surface area contributed by atoms with Crippen LogP contribution in [0, 0.1) is 5.82 Å². The lowest BCUT2D eigenvalue weighted by molar-refractivity contribution is 0.0982. The summed E-state index contributed by atoms with van der Waals surface area (Å²) in [6, 6.07) is 11.2. The standard InChI is InChI=1S/C16H16FNO3S/c1-2-5-15(19)12-8-10-13(11-9-12)18-22(20,21)16-7-4-3-6-14(16)17/h3-4,6-11,18H,2,5H2,1H3. The molecule has 1 N–H and O–H groups in total. The minimum Gasteiger partial charge on any atom is -0.294 e. The van der Waals surface area contributed by atoms with Crippen molar-refractivity contribution in [2.45, 2.75) is 24.7 Å². The highest BCUT2D eigenvalue weighted by Gasteiger charge is 2.18. The van der Waals surface area contributed by atoms with Crippen molar-refractivity contribution >= 4 is 21.5 Å². The fourth-order valence-corrected chi connectivity index (χ4v) is 3.11. The summed E-state index contributed by atoms with van der Waals surface area (Å²) in [5.74, 6) is -0.809. The van der Waals surface area contributed by atoms with Gasteiger partial charge in [0.05, 0.1) is 0 Å². The molecule has 0 amide bonds. The number of carbonyl (C=O) groups is 1. The highest BCUT2D eigenvalue weighted by atomic mass is 32.2. The minimum atomic E-state index is -4.00. The molecule has 0 spiro atoms. The Morgan fingerprint density at radius 2 is 1.73 bits per heavy atom. The summed E-state index contributed by atoms with van der Waals surface area (Å²) >= 11 is 0. The van der Waals surface area contributed by atoms with Crippen molar-refractivity contribution in [1.82, 2.24) is 0 Å². The fourth-order valence-electron chi connectivity index (χ4n) is 1.97. The van der Waals surface area contributed by atoms with Gasteiger partial charge in [-0.25, -0.2) is 12.8 Å². The zero-order valence-electron chi connectivity index (χ0n) is 12.0. The summed E-state index contributed by atoms with van der Waals surface area (Å²) in [7, 11) is -4.00. The normalized spacial score (nSPS) is 11.2. The Bertz CT molecular complexity index is 770. The number of hydrogen-bond donors (Lipinski definition) is 1. The number of halogens is 1. The first kappa shape index (κ1) is 16.2. The van der Waals surface area contributed by atoms with Gasteiger partial charge in [-0.05, 0) is 42.8 Å². The average Bonchev–Trinajstić information content (AvgIpc) is 2.48. The Morgan fingerprint density at radius 1 is 1.09 bits per heavy atom. The first-order valence-corrected chi connectivity index (χ1v) is 8.33. The van der Waals surface area contributed by atoms with Crippen LogP contribution in [0.4, 0.5) is 10.1 Å². The highest BCUT2D eigenvalue weighted by Crippen LogP contribution is 2.19. The Hall–Kier alpha value is -2.21. The second-order valence-electron chi connectivity index (χ2n) is 4.79. The molecule has 2 aromatic rings. The van der Waals surface area contributed by atoms with Gasteiger partial charge in [0.15, 0.2) is 5.78 Å². The quantitative estimate of drug-likeness (QED) is 0.827. The van der Waals surface area contributed by atoms with Gasteiger partial charge >= 0.3 is 0 Å². The monoisotopic (exact) mass is 321 g/mol. The van der Waals surface area contributed by atoms with Crippen molar-refractivity contribution in [2.75, 3.05) is 4.72 Å². The summed E-state index contributed by atoms with van der Waals surface area (Å²) in [6.07, 6.45) is 1.20. The van der Waals surface area contributed by atoms with Gasteiger partial charge in [0.2, 0.25) is 0 Å². The molecule has 22 heavy (non-hydrogen) atoms. The first-order valence-electron chi connectivity index (χ1n) is 6.84. The van der Waals surface area contributed by atoms with Gasteiger partial charge in [0, 0.05) is 17.7 Å². The number of nitrogens with one attached hydrogen (secondary N) is 1. The van der Waals surface area contributed by atoms with Crippen molar-refractivity contribution in [1.29, 1.82) is 0 Å². The molecule has 0 fully saturated rings. The third-order valence-electron chi connectivity index (χ3n) is 3.06. The zero-order valence-corrected chi connectivity index (χ0v) is 12.9. The van der Waals surface area contributed by atoms with Gasteiger partial charge in [-0.15, -0.1) is 0 Å². The fraction of sp³-hybridized carbons (Fsp3) is 0.188. The number of anilines is 1. The Morgan fingerprint density at radius 3 is 2.32 bits per heavy atom. The van der Waals surface area contributed by atoms with Gasteiger partial charge < -0.3 is 0 Å². The summed E-state index contributed by atoms with van der Waals surface area (Å²) in [4.78, 5) is 11.3. The molecule has 0 aromatic heterocycles. The van der Waals surface area contributed by atoms with Crippen molar-refractivity contribution in [3.8, 4) is 0 Å². The van der Waals surface area contributed by atoms with Crippen LogP contribution >= 0.6 is 0 Å². The number of Topliss-reactive ketones (excluding diaryl/α,β-unsaturated/α-hetero) is 1. The number of carbonyl (C=O) groups excluding carboxylic acids is 1. The topological polar surface area (TPSA) is 63.2 Å². The molecule has 0 aliphatic heterocycles. The average molecular weight is 321 g/mol. The molecular formula is C16H16FNO3S. The van der Waals surface area contributed by atoms with E-state index in [0.717, 1.165) is 12.5 Å². The number of rotatable bonds is 6. The van der Waals surface area contributed by atoms with Crippen molar-refractivity contribution in [2.24, 2.45) is 0 Å². The molecule has 0 radical (unpaired) electrons.